The van der Waals surface area contributed by atoms with Gasteiger partial charge in [0.05, 0.1) is 0 Å². The minimum Gasteiger partial charge on any atom is -0.473 e. The number of amides is 2. The van der Waals surface area contributed by atoms with Crippen molar-refractivity contribution in [2.45, 2.75) is 6.54 Å². The first-order valence-corrected chi connectivity index (χ1v) is 6.56. The van der Waals surface area contributed by atoms with E-state index in [9.17, 15) is 4.79 Å². The number of carbonyl (C=O) groups excluding carboxylic acids is 1. The lowest BCUT2D eigenvalue weighted by atomic mass is 10.2. The molecule has 0 aliphatic carbocycles. The van der Waals surface area contributed by atoms with Crippen molar-refractivity contribution in [2.75, 3.05) is 6.73 Å². The van der Waals surface area contributed by atoms with Gasteiger partial charge in [-0.1, -0.05) is 41.9 Å². The predicted molar refractivity (Wildman–Crippen MR) is 78.8 cm³/mol. The van der Waals surface area contributed by atoms with Gasteiger partial charge in [0.2, 0.25) is 0 Å². The molecule has 0 heterocycles. The van der Waals surface area contributed by atoms with Crippen LogP contribution in [0.4, 0.5) is 4.79 Å². The summed E-state index contributed by atoms with van der Waals surface area (Å²) in [5.74, 6) is 0.711. The minimum atomic E-state index is -0.291. The first-order chi connectivity index (χ1) is 9.74. The van der Waals surface area contributed by atoms with Crippen LogP contribution in [0.3, 0.4) is 0 Å². The van der Waals surface area contributed by atoms with Gasteiger partial charge >= 0.3 is 6.03 Å². The van der Waals surface area contributed by atoms with Gasteiger partial charge in [0.15, 0.2) is 6.73 Å². The molecular formula is C15H15ClN2O2. The molecule has 2 aromatic rings. The standard InChI is InChI=1S/C15H15ClN2O2/c16-13-6-4-5-12(9-13)10-17-15(19)18-11-20-14-7-2-1-3-8-14/h1-9H,10-11H2,(H2,17,18,19). The van der Waals surface area contributed by atoms with Crippen LogP contribution in [0.1, 0.15) is 5.56 Å². The van der Waals surface area contributed by atoms with E-state index >= 15 is 0 Å². The number of urea groups is 1. The molecule has 0 atom stereocenters. The Bertz CT molecular complexity index is 561. The average Bonchev–Trinajstić information content (AvgIpc) is 2.46. The Kier molecular flexibility index (Phi) is 5.26. The van der Waals surface area contributed by atoms with Gasteiger partial charge in [-0.2, -0.15) is 0 Å². The van der Waals surface area contributed by atoms with Crippen LogP contribution in [0, 0.1) is 0 Å². The third-order valence-corrected chi connectivity index (χ3v) is 2.79. The van der Waals surface area contributed by atoms with Crippen LogP contribution in [-0.2, 0) is 6.54 Å². The van der Waals surface area contributed by atoms with Crippen molar-refractivity contribution in [3.8, 4) is 5.75 Å². The van der Waals surface area contributed by atoms with Gasteiger partial charge in [-0.15, -0.1) is 0 Å². The fourth-order valence-corrected chi connectivity index (χ4v) is 1.81. The van der Waals surface area contributed by atoms with E-state index in [4.69, 9.17) is 16.3 Å². The second-order valence-electron chi connectivity index (χ2n) is 4.09. The molecular weight excluding hydrogens is 276 g/mol. The van der Waals surface area contributed by atoms with Crippen molar-refractivity contribution < 1.29 is 9.53 Å². The summed E-state index contributed by atoms with van der Waals surface area (Å²) in [5.41, 5.74) is 0.941. The van der Waals surface area contributed by atoms with Gasteiger partial charge < -0.3 is 15.4 Å². The van der Waals surface area contributed by atoms with Crippen molar-refractivity contribution in [1.82, 2.24) is 10.6 Å². The monoisotopic (exact) mass is 290 g/mol. The topological polar surface area (TPSA) is 50.4 Å². The fourth-order valence-electron chi connectivity index (χ4n) is 1.59. The minimum absolute atomic E-state index is 0.116. The van der Waals surface area contributed by atoms with Crippen LogP contribution in [0.15, 0.2) is 54.6 Å². The molecule has 104 valence electrons. The number of carbonyl (C=O) groups is 1. The normalized spacial score (nSPS) is 9.85. The largest absolute Gasteiger partial charge is 0.473 e. The summed E-state index contributed by atoms with van der Waals surface area (Å²) in [6, 6.07) is 16.3. The predicted octanol–water partition coefficient (Wildman–Crippen LogP) is 3.18. The molecule has 0 unspecified atom stereocenters. The molecule has 5 heteroatoms. The van der Waals surface area contributed by atoms with E-state index < -0.39 is 0 Å². The van der Waals surface area contributed by atoms with Crippen molar-refractivity contribution in [1.29, 1.82) is 0 Å². The van der Waals surface area contributed by atoms with Crippen molar-refractivity contribution in [3.63, 3.8) is 0 Å². The third-order valence-electron chi connectivity index (χ3n) is 2.56. The number of hydrogen-bond donors (Lipinski definition) is 2. The van der Waals surface area contributed by atoms with Crippen LogP contribution < -0.4 is 15.4 Å². The molecule has 2 rings (SSSR count). The molecule has 0 saturated heterocycles. The lowest BCUT2D eigenvalue weighted by Gasteiger charge is -2.09. The first kappa shape index (κ1) is 14.2. The van der Waals surface area contributed by atoms with Gasteiger partial charge in [-0.25, -0.2) is 4.79 Å². The Morgan fingerprint density at radius 2 is 1.85 bits per heavy atom. The fraction of sp³-hybridized carbons (Fsp3) is 0.133. The number of para-hydroxylation sites is 1. The van der Waals surface area contributed by atoms with Crippen LogP contribution >= 0.6 is 11.6 Å². The van der Waals surface area contributed by atoms with E-state index in [1.165, 1.54) is 0 Å². The molecule has 0 radical (unpaired) electrons. The highest BCUT2D eigenvalue weighted by atomic mass is 35.5. The molecule has 0 spiro atoms. The van der Waals surface area contributed by atoms with E-state index in [2.05, 4.69) is 10.6 Å². The van der Waals surface area contributed by atoms with Crippen LogP contribution in [0.2, 0.25) is 5.02 Å². The Morgan fingerprint density at radius 3 is 2.60 bits per heavy atom. The third kappa shape index (κ3) is 4.82. The number of hydrogen-bond acceptors (Lipinski definition) is 2. The highest BCUT2D eigenvalue weighted by Crippen LogP contribution is 2.10. The zero-order chi connectivity index (χ0) is 14.2. The quantitative estimate of drug-likeness (QED) is 0.831. The molecule has 0 aliphatic rings. The molecule has 0 bridgehead atoms. The Labute approximate surface area is 122 Å². The molecule has 0 saturated carbocycles. The number of benzene rings is 2. The molecule has 0 aromatic heterocycles. The number of rotatable bonds is 5. The Balaban J connectivity index is 1.68. The summed E-state index contributed by atoms with van der Waals surface area (Å²) >= 11 is 5.86. The second-order valence-corrected chi connectivity index (χ2v) is 4.53. The molecule has 2 aromatic carbocycles. The van der Waals surface area contributed by atoms with Gasteiger partial charge in [0, 0.05) is 11.6 Å². The Morgan fingerprint density at radius 1 is 1.05 bits per heavy atom. The number of ether oxygens (including phenoxy) is 1. The summed E-state index contributed by atoms with van der Waals surface area (Å²) in [6.45, 7) is 0.531. The summed E-state index contributed by atoms with van der Waals surface area (Å²) < 4.78 is 5.35. The van der Waals surface area contributed by atoms with Gasteiger partial charge in [0.25, 0.3) is 0 Å². The van der Waals surface area contributed by atoms with E-state index in [-0.39, 0.29) is 12.8 Å². The summed E-state index contributed by atoms with van der Waals surface area (Å²) in [4.78, 5) is 11.6. The smallest absolute Gasteiger partial charge is 0.317 e. The summed E-state index contributed by atoms with van der Waals surface area (Å²) in [5, 5.41) is 5.98. The summed E-state index contributed by atoms with van der Waals surface area (Å²) in [6.07, 6.45) is 0. The molecule has 4 nitrogen and oxygen atoms in total. The lowest BCUT2D eigenvalue weighted by molar-refractivity contribution is 0.223. The molecule has 2 amide bonds. The maximum atomic E-state index is 11.6. The van der Waals surface area contributed by atoms with Crippen molar-refractivity contribution >= 4 is 17.6 Å². The van der Waals surface area contributed by atoms with Crippen molar-refractivity contribution in [2.24, 2.45) is 0 Å². The molecule has 20 heavy (non-hydrogen) atoms. The van der Waals surface area contributed by atoms with E-state index in [1.807, 2.05) is 48.5 Å². The van der Waals surface area contributed by atoms with E-state index in [0.717, 1.165) is 5.56 Å². The summed E-state index contributed by atoms with van der Waals surface area (Å²) in [7, 11) is 0. The van der Waals surface area contributed by atoms with E-state index in [1.54, 1.807) is 6.07 Å². The Hall–Kier alpha value is -2.20. The van der Waals surface area contributed by atoms with Gasteiger partial charge in [0.1, 0.15) is 5.75 Å². The zero-order valence-electron chi connectivity index (χ0n) is 10.8. The average molecular weight is 291 g/mol. The van der Waals surface area contributed by atoms with Gasteiger partial charge in [-0.3, -0.25) is 0 Å². The van der Waals surface area contributed by atoms with Crippen LogP contribution in [0.5, 0.6) is 5.75 Å². The second kappa shape index (κ2) is 7.40. The van der Waals surface area contributed by atoms with Crippen LogP contribution in [-0.4, -0.2) is 12.8 Å². The highest BCUT2D eigenvalue weighted by Gasteiger charge is 2.00. The highest BCUT2D eigenvalue weighted by molar-refractivity contribution is 6.30. The van der Waals surface area contributed by atoms with Gasteiger partial charge in [-0.05, 0) is 29.8 Å². The molecule has 2 N–H and O–H groups in total. The maximum Gasteiger partial charge on any atom is 0.317 e. The lowest BCUT2D eigenvalue weighted by Crippen LogP contribution is -2.37. The SMILES string of the molecule is O=C(NCOc1ccccc1)NCc1cccc(Cl)c1. The number of halogens is 1. The first-order valence-electron chi connectivity index (χ1n) is 6.18. The molecule has 0 fully saturated rings. The maximum absolute atomic E-state index is 11.6. The zero-order valence-corrected chi connectivity index (χ0v) is 11.6. The van der Waals surface area contributed by atoms with Crippen molar-refractivity contribution in [3.05, 3.63) is 65.2 Å². The van der Waals surface area contributed by atoms with E-state index in [0.29, 0.717) is 17.3 Å². The molecule has 0 aliphatic heterocycles. The number of nitrogens with one attached hydrogen (secondary N) is 2. The van der Waals surface area contributed by atoms with Crippen LogP contribution in [0.25, 0.3) is 0 Å².